The second kappa shape index (κ2) is 3.46. The lowest BCUT2D eigenvalue weighted by Crippen LogP contribution is -2.10. The number of rotatable bonds is 2. The van der Waals surface area contributed by atoms with Gasteiger partial charge in [-0.2, -0.15) is 0 Å². The van der Waals surface area contributed by atoms with Gasteiger partial charge in [0.2, 0.25) is 0 Å². The second-order valence-corrected chi connectivity index (χ2v) is 3.88. The zero-order valence-corrected chi connectivity index (χ0v) is 8.34. The summed E-state index contributed by atoms with van der Waals surface area (Å²) >= 11 is 0. The van der Waals surface area contributed by atoms with E-state index in [1.54, 1.807) is 26.0 Å². The highest BCUT2D eigenvalue weighted by Crippen LogP contribution is 2.25. The first-order valence-corrected chi connectivity index (χ1v) is 4.46. The summed E-state index contributed by atoms with van der Waals surface area (Å²) in [7, 11) is 0. The molecule has 0 aromatic heterocycles. The van der Waals surface area contributed by atoms with Crippen LogP contribution in [0.3, 0.4) is 0 Å². The summed E-state index contributed by atoms with van der Waals surface area (Å²) in [5, 5.41) is 0. The SMILES string of the molecule is CC(N)c1ccc(C(C)(C)F)cc1. The summed E-state index contributed by atoms with van der Waals surface area (Å²) in [5.74, 6) is 0. The van der Waals surface area contributed by atoms with Crippen LogP contribution in [0.5, 0.6) is 0 Å². The molecule has 0 saturated carbocycles. The van der Waals surface area contributed by atoms with Gasteiger partial charge in [0, 0.05) is 6.04 Å². The highest BCUT2D eigenvalue weighted by Gasteiger charge is 2.18. The molecular weight excluding hydrogens is 165 g/mol. The summed E-state index contributed by atoms with van der Waals surface area (Å²) < 4.78 is 13.4. The number of hydrogen-bond donors (Lipinski definition) is 1. The third-order valence-corrected chi connectivity index (χ3v) is 2.12. The molecule has 1 nitrogen and oxygen atoms in total. The third kappa shape index (κ3) is 2.52. The molecule has 1 aromatic rings. The average Bonchev–Trinajstić information content (AvgIpc) is 2.03. The Labute approximate surface area is 78.8 Å². The van der Waals surface area contributed by atoms with E-state index in [1.165, 1.54) is 0 Å². The first-order chi connectivity index (χ1) is 5.91. The Morgan fingerprint density at radius 1 is 1.23 bits per heavy atom. The maximum atomic E-state index is 13.4. The van der Waals surface area contributed by atoms with E-state index in [0.29, 0.717) is 5.56 Å². The molecule has 0 radical (unpaired) electrons. The number of halogens is 1. The van der Waals surface area contributed by atoms with Gasteiger partial charge in [0.15, 0.2) is 0 Å². The Hall–Kier alpha value is -0.890. The van der Waals surface area contributed by atoms with Crippen LogP contribution in [0.25, 0.3) is 0 Å². The van der Waals surface area contributed by atoms with Crippen LogP contribution >= 0.6 is 0 Å². The van der Waals surface area contributed by atoms with Gasteiger partial charge in [-0.15, -0.1) is 0 Å². The molecule has 1 unspecified atom stereocenters. The van der Waals surface area contributed by atoms with Gasteiger partial charge in [0.1, 0.15) is 5.67 Å². The van der Waals surface area contributed by atoms with Crippen molar-refractivity contribution in [1.82, 2.24) is 0 Å². The van der Waals surface area contributed by atoms with Crippen LogP contribution in [0, 0.1) is 0 Å². The molecule has 0 aliphatic heterocycles. The summed E-state index contributed by atoms with van der Waals surface area (Å²) in [6, 6.07) is 7.34. The van der Waals surface area contributed by atoms with Gasteiger partial charge in [0.05, 0.1) is 0 Å². The average molecular weight is 181 g/mol. The van der Waals surface area contributed by atoms with Crippen molar-refractivity contribution in [2.24, 2.45) is 5.73 Å². The van der Waals surface area contributed by atoms with Crippen molar-refractivity contribution < 1.29 is 4.39 Å². The number of hydrogen-bond acceptors (Lipinski definition) is 1. The van der Waals surface area contributed by atoms with Gasteiger partial charge >= 0.3 is 0 Å². The molecule has 0 spiro atoms. The Kier molecular flexibility index (Phi) is 2.71. The van der Waals surface area contributed by atoms with Crippen molar-refractivity contribution in [2.75, 3.05) is 0 Å². The van der Waals surface area contributed by atoms with Crippen LogP contribution in [0.1, 0.15) is 37.9 Å². The zero-order chi connectivity index (χ0) is 10.1. The molecule has 13 heavy (non-hydrogen) atoms. The number of benzene rings is 1. The number of nitrogens with two attached hydrogens (primary N) is 1. The van der Waals surface area contributed by atoms with E-state index in [1.807, 2.05) is 19.1 Å². The van der Waals surface area contributed by atoms with E-state index in [0.717, 1.165) is 5.56 Å². The maximum absolute atomic E-state index is 13.4. The van der Waals surface area contributed by atoms with Gasteiger partial charge < -0.3 is 5.73 Å². The molecule has 1 atom stereocenters. The molecule has 72 valence electrons. The summed E-state index contributed by atoms with van der Waals surface area (Å²) in [6.45, 7) is 5.01. The van der Waals surface area contributed by atoms with Gasteiger partial charge in [-0.25, -0.2) is 4.39 Å². The molecule has 1 aromatic carbocycles. The minimum Gasteiger partial charge on any atom is -0.324 e. The van der Waals surface area contributed by atoms with Crippen LogP contribution in [0.15, 0.2) is 24.3 Å². The highest BCUT2D eigenvalue weighted by atomic mass is 19.1. The Morgan fingerprint density at radius 2 is 1.69 bits per heavy atom. The molecule has 0 aliphatic rings. The summed E-state index contributed by atoms with van der Waals surface area (Å²) in [6.07, 6.45) is 0. The van der Waals surface area contributed by atoms with E-state index in [2.05, 4.69) is 0 Å². The first-order valence-electron chi connectivity index (χ1n) is 4.46. The van der Waals surface area contributed by atoms with E-state index < -0.39 is 5.67 Å². The number of alkyl halides is 1. The monoisotopic (exact) mass is 181 g/mol. The molecule has 0 heterocycles. The Balaban J connectivity index is 2.94. The molecule has 0 amide bonds. The van der Waals surface area contributed by atoms with Gasteiger partial charge in [-0.1, -0.05) is 24.3 Å². The fourth-order valence-corrected chi connectivity index (χ4v) is 1.18. The van der Waals surface area contributed by atoms with Gasteiger partial charge in [-0.3, -0.25) is 0 Å². The fourth-order valence-electron chi connectivity index (χ4n) is 1.18. The molecule has 2 N–H and O–H groups in total. The largest absolute Gasteiger partial charge is 0.324 e. The normalized spacial score (nSPS) is 14.2. The molecular formula is C11H16FN. The predicted octanol–water partition coefficient (Wildman–Crippen LogP) is 2.91. The minimum absolute atomic E-state index is 0.0109. The lowest BCUT2D eigenvalue weighted by Gasteiger charge is -2.15. The smallest absolute Gasteiger partial charge is 0.130 e. The van der Waals surface area contributed by atoms with Crippen LogP contribution in [0.4, 0.5) is 4.39 Å². The predicted molar refractivity (Wildman–Crippen MR) is 53.2 cm³/mol. The molecule has 0 saturated heterocycles. The van der Waals surface area contributed by atoms with Crippen molar-refractivity contribution in [3.8, 4) is 0 Å². The fraction of sp³-hybridized carbons (Fsp3) is 0.455. The van der Waals surface area contributed by atoms with Crippen molar-refractivity contribution >= 4 is 0 Å². The van der Waals surface area contributed by atoms with Gasteiger partial charge in [0.25, 0.3) is 0 Å². The lowest BCUT2D eigenvalue weighted by molar-refractivity contribution is 0.221. The van der Waals surface area contributed by atoms with E-state index in [4.69, 9.17) is 5.73 Å². The van der Waals surface area contributed by atoms with Crippen LogP contribution in [0.2, 0.25) is 0 Å². The van der Waals surface area contributed by atoms with Gasteiger partial charge in [-0.05, 0) is 31.9 Å². The Morgan fingerprint density at radius 3 is 2.00 bits per heavy atom. The lowest BCUT2D eigenvalue weighted by atomic mass is 9.97. The standard InChI is InChI=1S/C11H16FN/c1-8(13)9-4-6-10(7-5-9)11(2,3)12/h4-8H,13H2,1-3H3. The van der Waals surface area contributed by atoms with E-state index in [9.17, 15) is 4.39 Å². The maximum Gasteiger partial charge on any atom is 0.130 e. The summed E-state index contributed by atoms with van der Waals surface area (Å²) in [5.41, 5.74) is 6.14. The summed E-state index contributed by atoms with van der Waals surface area (Å²) in [4.78, 5) is 0. The minimum atomic E-state index is -1.27. The molecule has 1 rings (SSSR count). The van der Waals surface area contributed by atoms with Crippen LogP contribution in [-0.4, -0.2) is 0 Å². The zero-order valence-electron chi connectivity index (χ0n) is 8.34. The second-order valence-electron chi connectivity index (χ2n) is 3.88. The van der Waals surface area contributed by atoms with E-state index >= 15 is 0 Å². The van der Waals surface area contributed by atoms with Crippen molar-refractivity contribution in [3.05, 3.63) is 35.4 Å². The molecule has 0 bridgehead atoms. The van der Waals surface area contributed by atoms with E-state index in [-0.39, 0.29) is 6.04 Å². The highest BCUT2D eigenvalue weighted by molar-refractivity contribution is 5.27. The first kappa shape index (κ1) is 10.2. The van der Waals surface area contributed by atoms with Crippen LogP contribution in [-0.2, 0) is 5.67 Å². The van der Waals surface area contributed by atoms with Crippen molar-refractivity contribution in [1.29, 1.82) is 0 Å². The molecule has 0 aliphatic carbocycles. The molecule has 0 fully saturated rings. The third-order valence-electron chi connectivity index (χ3n) is 2.12. The Bertz CT molecular complexity index is 269. The van der Waals surface area contributed by atoms with Crippen LogP contribution < -0.4 is 5.73 Å². The quantitative estimate of drug-likeness (QED) is 0.745. The van der Waals surface area contributed by atoms with Crippen molar-refractivity contribution in [3.63, 3.8) is 0 Å². The van der Waals surface area contributed by atoms with Crippen molar-refractivity contribution in [2.45, 2.75) is 32.5 Å². The topological polar surface area (TPSA) is 26.0 Å². The molecule has 2 heteroatoms.